The van der Waals surface area contributed by atoms with Crippen LogP contribution in [0.1, 0.15) is 11.1 Å². The van der Waals surface area contributed by atoms with Crippen LogP contribution >= 0.6 is 0 Å². The summed E-state index contributed by atoms with van der Waals surface area (Å²) in [7, 11) is 1.88. The van der Waals surface area contributed by atoms with Gasteiger partial charge >= 0.3 is 0 Å². The molecule has 2 nitrogen and oxygen atoms in total. The van der Waals surface area contributed by atoms with Gasteiger partial charge in [0.15, 0.2) is 0 Å². The largest absolute Gasteiger partial charge is 0.489 e. The van der Waals surface area contributed by atoms with Crippen molar-refractivity contribution in [3.63, 3.8) is 0 Å². The molecule has 2 aromatic rings. The van der Waals surface area contributed by atoms with Gasteiger partial charge in [0, 0.05) is 24.7 Å². The highest BCUT2D eigenvalue weighted by atomic mass is 19.1. The Morgan fingerprint density at radius 3 is 2.11 bits per heavy atom. The van der Waals surface area contributed by atoms with Gasteiger partial charge in [-0.2, -0.15) is 0 Å². The van der Waals surface area contributed by atoms with E-state index in [0.717, 1.165) is 18.2 Å². The lowest BCUT2D eigenvalue weighted by atomic mass is 10.1. The maximum absolute atomic E-state index is 13.0. The van der Waals surface area contributed by atoms with Gasteiger partial charge in [0.1, 0.15) is 24.0 Å². The van der Waals surface area contributed by atoms with Crippen LogP contribution in [0, 0.1) is 11.6 Å². The number of benzene rings is 2. The molecule has 0 heterocycles. The first kappa shape index (κ1) is 13.5. The summed E-state index contributed by atoms with van der Waals surface area (Å²) in [6.45, 7) is 1.08. The molecule has 0 saturated heterocycles. The maximum atomic E-state index is 13.0. The molecule has 0 amide bonds. The van der Waals surface area contributed by atoms with E-state index in [1.807, 2.05) is 31.3 Å². The second kappa shape index (κ2) is 6.29. The molecule has 19 heavy (non-hydrogen) atoms. The van der Waals surface area contributed by atoms with E-state index in [2.05, 4.69) is 5.32 Å². The zero-order valence-corrected chi connectivity index (χ0v) is 10.6. The summed E-state index contributed by atoms with van der Waals surface area (Å²) in [5.41, 5.74) is 2.12. The van der Waals surface area contributed by atoms with E-state index < -0.39 is 11.6 Å². The number of halogens is 2. The molecule has 0 unspecified atom stereocenters. The Morgan fingerprint density at radius 2 is 1.53 bits per heavy atom. The van der Waals surface area contributed by atoms with Crippen LogP contribution in [-0.2, 0) is 13.2 Å². The highest BCUT2D eigenvalue weighted by Gasteiger charge is 2.02. The number of ether oxygens (including phenoxy) is 1. The van der Waals surface area contributed by atoms with Gasteiger partial charge in [-0.1, -0.05) is 24.3 Å². The number of rotatable bonds is 5. The minimum Gasteiger partial charge on any atom is -0.489 e. The average Bonchev–Trinajstić information content (AvgIpc) is 2.37. The molecule has 2 rings (SSSR count). The normalized spacial score (nSPS) is 10.5. The highest BCUT2D eigenvalue weighted by Crippen LogP contribution is 2.17. The van der Waals surface area contributed by atoms with Crippen LogP contribution in [0.4, 0.5) is 8.78 Å². The van der Waals surface area contributed by atoms with Gasteiger partial charge in [-0.15, -0.1) is 0 Å². The molecule has 0 saturated carbocycles. The molecule has 0 aliphatic heterocycles. The first-order valence-electron chi connectivity index (χ1n) is 5.98. The smallest absolute Gasteiger partial charge is 0.129 e. The summed E-state index contributed by atoms with van der Waals surface area (Å²) < 4.78 is 31.3. The Bertz CT molecular complexity index is 520. The predicted molar refractivity (Wildman–Crippen MR) is 69.9 cm³/mol. The van der Waals surface area contributed by atoms with Crippen LogP contribution in [0.2, 0.25) is 0 Å². The third kappa shape index (κ3) is 4.03. The van der Waals surface area contributed by atoms with Gasteiger partial charge < -0.3 is 10.1 Å². The summed E-state index contributed by atoms with van der Waals surface area (Å²) >= 11 is 0. The Hall–Kier alpha value is -1.94. The zero-order chi connectivity index (χ0) is 13.7. The van der Waals surface area contributed by atoms with Gasteiger partial charge in [-0.3, -0.25) is 0 Å². The van der Waals surface area contributed by atoms with E-state index in [0.29, 0.717) is 0 Å². The molecule has 2 aromatic carbocycles. The predicted octanol–water partition coefficient (Wildman–Crippen LogP) is 3.26. The lowest BCUT2D eigenvalue weighted by Gasteiger charge is -2.07. The summed E-state index contributed by atoms with van der Waals surface area (Å²) in [6.07, 6.45) is 0. The monoisotopic (exact) mass is 263 g/mol. The van der Waals surface area contributed by atoms with Crippen molar-refractivity contribution in [2.45, 2.75) is 13.2 Å². The van der Waals surface area contributed by atoms with Crippen molar-refractivity contribution in [3.8, 4) is 5.75 Å². The molecule has 0 bridgehead atoms. The van der Waals surface area contributed by atoms with Crippen molar-refractivity contribution in [1.82, 2.24) is 5.32 Å². The van der Waals surface area contributed by atoms with Crippen molar-refractivity contribution in [1.29, 1.82) is 0 Å². The fourth-order valence-electron chi connectivity index (χ4n) is 1.74. The van der Waals surface area contributed by atoms with Crippen molar-refractivity contribution in [3.05, 3.63) is 65.2 Å². The third-order valence-corrected chi connectivity index (χ3v) is 2.65. The molecule has 0 aliphatic rings. The Morgan fingerprint density at radius 1 is 0.947 bits per heavy atom. The van der Waals surface area contributed by atoms with Crippen LogP contribution in [0.25, 0.3) is 0 Å². The second-order valence-corrected chi connectivity index (χ2v) is 4.24. The van der Waals surface area contributed by atoms with Crippen LogP contribution in [0.3, 0.4) is 0 Å². The SMILES string of the molecule is CNCc1ccc(COc2cc(F)cc(F)c2)cc1. The Balaban J connectivity index is 1.98. The molecule has 100 valence electrons. The molecular formula is C15H15F2NO. The molecule has 1 N–H and O–H groups in total. The third-order valence-electron chi connectivity index (χ3n) is 2.65. The lowest BCUT2D eigenvalue weighted by molar-refractivity contribution is 0.302. The first-order valence-corrected chi connectivity index (χ1v) is 5.98. The van der Waals surface area contributed by atoms with Crippen molar-refractivity contribution in [2.75, 3.05) is 7.05 Å². The van der Waals surface area contributed by atoms with Crippen LogP contribution in [-0.4, -0.2) is 7.05 Å². The first-order chi connectivity index (χ1) is 9.17. The minimum absolute atomic E-state index is 0.191. The van der Waals surface area contributed by atoms with Gasteiger partial charge in [-0.25, -0.2) is 8.78 Å². The second-order valence-electron chi connectivity index (χ2n) is 4.24. The standard InChI is InChI=1S/C15H15F2NO/c1-18-9-11-2-4-12(5-3-11)10-19-15-7-13(16)6-14(17)8-15/h2-8,18H,9-10H2,1H3. The van der Waals surface area contributed by atoms with Gasteiger partial charge in [-0.05, 0) is 18.2 Å². The van der Waals surface area contributed by atoms with E-state index >= 15 is 0 Å². The number of nitrogens with one attached hydrogen (secondary N) is 1. The summed E-state index contributed by atoms with van der Waals surface area (Å²) in [5.74, 6) is -1.09. The molecule has 0 fully saturated rings. The van der Waals surface area contributed by atoms with Crippen LogP contribution < -0.4 is 10.1 Å². The van der Waals surface area contributed by atoms with Gasteiger partial charge in [0.25, 0.3) is 0 Å². The van der Waals surface area contributed by atoms with E-state index in [9.17, 15) is 8.78 Å². The quantitative estimate of drug-likeness (QED) is 0.894. The summed E-state index contributed by atoms with van der Waals surface area (Å²) in [4.78, 5) is 0. The highest BCUT2D eigenvalue weighted by molar-refractivity contribution is 5.26. The molecule has 0 aliphatic carbocycles. The van der Waals surface area contributed by atoms with Crippen molar-refractivity contribution < 1.29 is 13.5 Å². The molecule has 4 heteroatoms. The minimum atomic E-state index is -0.639. The number of hydrogen-bond acceptors (Lipinski definition) is 2. The Kier molecular flexibility index (Phi) is 4.47. The fourth-order valence-corrected chi connectivity index (χ4v) is 1.74. The zero-order valence-electron chi connectivity index (χ0n) is 10.6. The maximum Gasteiger partial charge on any atom is 0.129 e. The van der Waals surface area contributed by atoms with Crippen LogP contribution in [0.15, 0.2) is 42.5 Å². The summed E-state index contributed by atoms with van der Waals surface area (Å²) in [6, 6.07) is 11.0. The number of hydrogen-bond donors (Lipinski definition) is 1. The van der Waals surface area contributed by atoms with Crippen molar-refractivity contribution in [2.24, 2.45) is 0 Å². The molecule has 0 aromatic heterocycles. The van der Waals surface area contributed by atoms with E-state index in [4.69, 9.17) is 4.74 Å². The van der Waals surface area contributed by atoms with Gasteiger partial charge in [0.05, 0.1) is 0 Å². The fraction of sp³-hybridized carbons (Fsp3) is 0.200. The molecular weight excluding hydrogens is 248 g/mol. The molecule has 0 spiro atoms. The van der Waals surface area contributed by atoms with E-state index in [1.165, 1.54) is 17.7 Å². The van der Waals surface area contributed by atoms with Gasteiger partial charge in [0.2, 0.25) is 0 Å². The average molecular weight is 263 g/mol. The topological polar surface area (TPSA) is 21.3 Å². The van der Waals surface area contributed by atoms with E-state index in [1.54, 1.807) is 0 Å². The van der Waals surface area contributed by atoms with Crippen LogP contribution in [0.5, 0.6) is 5.75 Å². The van der Waals surface area contributed by atoms with E-state index in [-0.39, 0.29) is 12.4 Å². The lowest BCUT2D eigenvalue weighted by Crippen LogP contribution is -2.05. The Labute approximate surface area is 111 Å². The molecule has 0 radical (unpaired) electrons. The molecule has 0 atom stereocenters. The summed E-state index contributed by atoms with van der Waals surface area (Å²) in [5, 5.41) is 3.06. The van der Waals surface area contributed by atoms with Crippen molar-refractivity contribution >= 4 is 0 Å².